The third-order valence-corrected chi connectivity index (χ3v) is 6.14. The average molecular weight is 353 g/mol. The van der Waals surface area contributed by atoms with Crippen molar-refractivity contribution >= 4 is 27.4 Å². The molecule has 0 unspecified atom stereocenters. The quantitative estimate of drug-likeness (QED) is 0.731. The third kappa shape index (κ3) is 3.26. The van der Waals surface area contributed by atoms with Gasteiger partial charge in [0.25, 0.3) is 0 Å². The fourth-order valence-corrected chi connectivity index (χ4v) is 4.62. The van der Waals surface area contributed by atoms with Crippen molar-refractivity contribution in [2.75, 3.05) is 18.4 Å². The number of fused-ring (bicyclic) bond motifs is 1. The van der Waals surface area contributed by atoms with Crippen molar-refractivity contribution in [2.24, 2.45) is 0 Å². The lowest BCUT2D eigenvalue weighted by Gasteiger charge is -2.24. The molecule has 3 heterocycles. The van der Waals surface area contributed by atoms with E-state index in [4.69, 9.17) is 0 Å². The van der Waals surface area contributed by atoms with Gasteiger partial charge in [-0.3, -0.25) is 0 Å². The number of anilines is 1. The molecular formula is C20H24N4S. The van der Waals surface area contributed by atoms with Crippen LogP contribution in [0.5, 0.6) is 0 Å². The molecule has 1 saturated heterocycles. The van der Waals surface area contributed by atoms with Crippen LogP contribution in [0.15, 0.2) is 30.6 Å². The van der Waals surface area contributed by atoms with E-state index in [9.17, 15) is 0 Å². The summed E-state index contributed by atoms with van der Waals surface area (Å²) in [6, 6.07) is 9.29. The van der Waals surface area contributed by atoms with Gasteiger partial charge < -0.3 is 10.6 Å². The highest BCUT2D eigenvalue weighted by Crippen LogP contribution is 2.41. The number of benzene rings is 1. The van der Waals surface area contributed by atoms with Crippen LogP contribution < -0.4 is 10.6 Å². The van der Waals surface area contributed by atoms with Crippen LogP contribution in [0, 0.1) is 6.92 Å². The molecule has 3 aromatic rings. The zero-order chi connectivity index (χ0) is 17.2. The molecule has 25 heavy (non-hydrogen) atoms. The van der Waals surface area contributed by atoms with Gasteiger partial charge in [-0.2, -0.15) is 0 Å². The summed E-state index contributed by atoms with van der Waals surface area (Å²) in [6.07, 6.45) is 4.98. The van der Waals surface area contributed by atoms with Crippen molar-refractivity contribution < 1.29 is 0 Å². The second kappa shape index (κ2) is 7.10. The molecule has 0 aliphatic carbocycles. The SMILES string of the molecule is CCc1sc2ncnc(NC3CCNCC3)c2c1-c1ccc(C)cc1. The summed E-state index contributed by atoms with van der Waals surface area (Å²) in [5.74, 6) is 0.989. The number of aromatic nitrogens is 2. The van der Waals surface area contributed by atoms with E-state index >= 15 is 0 Å². The van der Waals surface area contributed by atoms with Crippen molar-refractivity contribution in [3.63, 3.8) is 0 Å². The van der Waals surface area contributed by atoms with Crippen LogP contribution in [0.4, 0.5) is 5.82 Å². The Hall–Kier alpha value is -1.98. The lowest BCUT2D eigenvalue weighted by atomic mass is 10.0. The number of nitrogens with one attached hydrogen (secondary N) is 2. The van der Waals surface area contributed by atoms with Gasteiger partial charge in [-0.15, -0.1) is 11.3 Å². The van der Waals surface area contributed by atoms with Crippen molar-refractivity contribution in [3.8, 4) is 11.1 Å². The van der Waals surface area contributed by atoms with Crippen molar-refractivity contribution in [3.05, 3.63) is 41.0 Å². The Bertz CT molecular complexity index is 863. The van der Waals surface area contributed by atoms with Crippen LogP contribution >= 0.6 is 11.3 Å². The highest BCUT2D eigenvalue weighted by Gasteiger charge is 2.20. The van der Waals surface area contributed by atoms with E-state index in [0.717, 1.165) is 43.0 Å². The van der Waals surface area contributed by atoms with Crippen LogP contribution in [0.2, 0.25) is 0 Å². The molecule has 0 atom stereocenters. The molecule has 2 N–H and O–H groups in total. The normalized spacial score (nSPS) is 15.6. The fourth-order valence-electron chi connectivity index (χ4n) is 3.52. The Balaban J connectivity index is 1.83. The predicted octanol–water partition coefficient (Wildman–Crippen LogP) is 4.39. The molecule has 0 radical (unpaired) electrons. The van der Waals surface area contributed by atoms with Crippen molar-refractivity contribution in [1.29, 1.82) is 0 Å². The summed E-state index contributed by atoms with van der Waals surface area (Å²) in [5.41, 5.74) is 3.85. The lowest BCUT2D eigenvalue weighted by Crippen LogP contribution is -2.35. The van der Waals surface area contributed by atoms with E-state index in [0.29, 0.717) is 6.04 Å². The number of thiophene rings is 1. The molecule has 0 spiro atoms. The highest BCUT2D eigenvalue weighted by atomic mass is 32.1. The molecule has 0 amide bonds. The van der Waals surface area contributed by atoms with Gasteiger partial charge in [-0.05, 0) is 44.8 Å². The summed E-state index contributed by atoms with van der Waals surface area (Å²) in [5, 5.41) is 8.31. The highest BCUT2D eigenvalue weighted by molar-refractivity contribution is 7.19. The summed E-state index contributed by atoms with van der Waals surface area (Å²) in [7, 11) is 0. The first-order valence-electron chi connectivity index (χ1n) is 9.07. The van der Waals surface area contributed by atoms with E-state index in [1.807, 2.05) is 0 Å². The van der Waals surface area contributed by atoms with Gasteiger partial charge in [-0.1, -0.05) is 36.8 Å². The van der Waals surface area contributed by atoms with Crippen molar-refractivity contribution in [1.82, 2.24) is 15.3 Å². The molecule has 1 aliphatic heterocycles. The van der Waals surface area contributed by atoms with Gasteiger partial charge in [0, 0.05) is 16.5 Å². The molecule has 1 fully saturated rings. The van der Waals surface area contributed by atoms with Gasteiger partial charge in [0.15, 0.2) is 0 Å². The summed E-state index contributed by atoms with van der Waals surface area (Å²) in [4.78, 5) is 11.6. The molecular weight excluding hydrogens is 328 g/mol. The minimum absolute atomic E-state index is 0.482. The standard InChI is InChI=1S/C20H24N4S/c1-3-16-17(14-6-4-13(2)5-7-14)18-19(22-12-23-20(18)25-16)24-15-8-10-21-11-9-15/h4-7,12,15,21H,3,8-11H2,1-2H3,(H,22,23,24). The Morgan fingerprint density at radius 1 is 1.16 bits per heavy atom. The fraction of sp³-hybridized carbons (Fsp3) is 0.400. The van der Waals surface area contributed by atoms with Gasteiger partial charge in [-0.25, -0.2) is 9.97 Å². The Labute approximate surface area is 152 Å². The number of aryl methyl sites for hydroxylation is 2. The smallest absolute Gasteiger partial charge is 0.139 e. The topological polar surface area (TPSA) is 49.8 Å². The molecule has 0 saturated carbocycles. The van der Waals surface area contributed by atoms with E-state index in [1.54, 1.807) is 17.7 Å². The largest absolute Gasteiger partial charge is 0.367 e. The summed E-state index contributed by atoms with van der Waals surface area (Å²) >= 11 is 1.80. The maximum Gasteiger partial charge on any atom is 0.139 e. The third-order valence-electron chi connectivity index (χ3n) is 4.90. The zero-order valence-corrected chi connectivity index (χ0v) is 15.6. The van der Waals surface area contributed by atoms with Crippen molar-refractivity contribution in [2.45, 2.75) is 39.2 Å². The molecule has 0 bridgehead atoms. The van der Waals surface area contributed by atoms with Crippen LogP contribution in [-0.4, -0.2) is 29.1 Å². The van der Waals surface area contributed by atoms with Gasteiger partial charge in [0.1, 0.15) is 17.0 Å². The second-order valence-electron chi connectivity index (χ2n) is 6.69. The van der Waals surface area contributed by atoms with E-state index in [-0.39, 0.29) is 0 Å². The number of hydrogen-bond donors (Lipinski definition) is 2. The lowest BCUT2D eigenvalue weighted by molar-refractivity contribution is 0.478. The van der Waals surface area contributed by atoms with E-state index in [1.165, 1.54) is 27.0 Å². The van der Waals surface area contributed by atoms with Crippen LogP contribution in [0.25, 0.3) is 21.3 Å². The maximum atomic E-state index is 4.62. The molecule has 4 rings (SSSR count). The first-order chi connectivity index (χ1) is 12.3. The van der Waals surface area contributed by atoms with Gasteiger partial charge in [0.2, 0.25) is 0 Å². The maximum absolute atomic E-state index is 4.62. The monoisotopic (exact) mass is 352 g/mol. The van der Waals surface area contributed by atoms with E-state index < -0.39 is 0 Å². The minimum atomic E-state index is 0.482. The number of nitrogens with zero attached hydrogens (tertiary/aromatic N) is 2. The van der Waals surface area contributed by atoms with Crippen LogP contribution in [0.3, 0.4) is 0 Å². The minimum Gasteiger partial charge on any atom is -0.367 e. The van der Waals surface area contributed by atoms with E-state index in [2.05, 4.69) is 58.7 Å². The van der Waals surface area contributed by atoms with Gasteiger partial charge >= 0.3 is 0 Å². The first kappa shape index (κ1) is 16.5. The van der Waals surface area contributed by atoms with Crippen LogP contribution in [-0.2, 0) is 6.42 Å². The Morgan fingerprint density at radius 3 is 2.64 bits per heavy atom. The molecule has 130 valence electrons. The molecule has 2 aromatic heterocycles. The number of hydrogen-bond acceptors (Lipinski definition) is 5. The van der Waals surface area contributed by atoms with Gasteiger partial charge in [0.05, 0.1) is 5.39 Å². The second-order valence-corrected chi connectivity index (χ2v) is 7.77. The number of piperidine rings is 1. The summed E-state index contributed by atoms with van der Waals surface area (Å²) in [6.45, 7) is 6.49. The molecule has 1 aromatic carbocycles. The summed E-state index contributed by atoms with van der Waals surface area (Å²) < 4.78 is 0. The molecule has 4 nitrogen and oxygen atoms in total. The number of rotatable bonds is 4. The first-order valence-corrected chi connectivity index (χ1v) is 9.88. The molecule has 5 heteroatoms. The predicted molar refractivity (Wildman–Crippen MR) is 106 cm³/mol. The molecule has 1 aliphatic rings. The average Bonchev–Trinajstić information content (AvgIpc) is 3.03. The zero-order valence-electron chi connectivity index (χ0n) is 14.8. The Morgan fingerprint density at radius 2 is 1.92 bits per heavy atom. The Kier molecular flexibility index (Phi) is 4.68. The van der Waals surface area contributed by atoms with Crippen LogP contribution in [0.1, 0.15) is 30.2 Å².